The fraction of sp³-hybridized carbons (Fsp3) is 0.0294. The Morgan fingerprint density at radius 3 is 1.50 bits per heavy atom. The van der Waals surface area contributed by atoms with Crippen molar-refractivity contribution in [1.29, 1.82) is 0 Å². The molecule has 1 aromatic heterocycles. The van der Waals surface area contributed by atoms with Gasteiger partial charge < -0.3 is 9.47 Å². The molecule has 0 saturated heterocycles. The second-order valence-electron chi connectivity index (χ2n) is 19.1. The largest absolute Gasteiger partial charge is 0.310 e. The van der Waals surface area contributed by atoms with Crippen LogP contribution in [0.3, 0.4) is 0 Å². The minimum Gasteiger partial charge on any atom is -0.310 e. The molecule has 1 atom stereocenters. The summed E-state index contributed by atoms with van der Waals surface area (Å²) >= 11 is 0. The van der Waals surface area contributed by atoms with Crippen LogP contribution in [0.25, 0.3) is 60.9 Å². The highest BCUT2D eigenvalue weighted by Crippen LogP contribution is 2.63. The maximum atomic E-state index is 2.52. The summed E-state index contributed by atoms with van der Waals surface area (Å²) in [6.07, 6.45) is 0. The zero-order valence-corrected chi connectivity index (χ0v) is 38.3. The lowest BCUT2D eigenvalue weighted by Gasteiger charge is -2.39. The number of para-hydroxylation sites is 3. The molecule has 1 spiro atoms. The third kappa shape index (κ3) is 5.07. The van der Waals surface area contributed by atoms with E-state index >= 15 is 0 Å². The van der Waals surface area contributed by atoms with E-state index < -0.39 is 10.8 Å². The number of aromatic nitrogens is 1. The van der Waals surface area contributed by atoms with Gasteiger partial charge in [0, 0.05) is 27.7 Å². The minimum absolute atomic E-state index is 0.494. The van der Waals surface area contributed by atoms with E-state index in [2.05, 4.69) is 276 Å². The maximum absolute atomic E-state index is 2.52. The predicted octanol–water partition coefficient (Wildman–Crippen LogP) is 17.0. The molecule has 2 heteroatoms. The van der Waals surface area contributed by atoms with Gasteiger partial charge in [-0.1, -0.05) is 224 Å². The molecule has 2 heterocycles. The van der Waals surface area contributed by atoms with Crippen LogP contribution in [0.1, 0.15) is 44.5 Å². The Bertz CT molecular complexity index is 4010. The number of nitrogens with zero attached hydrogens (tertiary/aromatic N) is 2. The number of hydrogen-bond acceptors (Lipinski definition) is 1. The molecule has 2 aliphatic carbocycles. The predicted molar refractivity (Wildman–Crippen MR) is 289 cm³/mol. The summed E-state index contributed by atoms with van der Waals surface area (Å²) in [5, 5.41) is 2.56. The summed E-state index contributed by atoms with van der Waals surface area (Å²) in [6.45, 7) is 0. The molecule has 3 aliphatic rings. The van der Waals surface area contributed by atoms with E-state index in [0.717, 1.165) is 17.1 Å². The van der Waals surface area contributed by atoms with Crippen molar-refractivity contribution >= 4 is 38.9 Å². The van der Waals surface area contributed by atoms with Crippen molar-refractivity contribution in [3.8, 4) is 39.1 Å². The van der Waals surface area contributed by atoms with Crippen LogP contribution < -0.4 is 4.90 Å². The Hall–Kier alpha value is -8.98. The van der Waals surface area contributed by atoms with Gasteiger partial charge in [0.05, 0.1) is 33.2 Å². The van der Waals surface area contributed by atoms with Crippen LogP contribution in [0.15, 0.2) is 267 Å². The molecule has 0 radical (unpaired) electrons. The number of anilines is 3. The molecule has 0 N–H and O–H groups in total. The lowest BCUT2D eigenvalue weighted by atomic mass is 9.65. The highest BCUT2D eigenvalue weighted by Gasteiger charge is 2.52. The summed E-state index contributed by atoms with van der Waals surface area (Å²) < 4.78 is 2.52. The van der Waals surface area contributed by atoms with Gasteiger partial charge in [-0.25, -0.2) is 0 Å². The SMILES string of the molecule is c1ccc(-c2ccc(N(c3ccc(C4(c5ccccc5)c5ccccc5-c5ccccc54)cc3)c3cccc4c3-c3ccccc3C43c4ccccc4-n4c5ccccc5c5cccc3c54)cc2)cc1. The van der Waals surface area contributed by atoms with Gasteiger partial charge in [-0.15, -0.1) is 0 Å². The minimum atomic E-state index is -0.569. The molecule has 0 amide bonds. The highest BCUT2D eigenvalue weighted by molar-refractivity contribution is 6.13. The van der Waals surface area contributed by atoms with Crippen molar-refractivity contribution in [2.24, 2.45) is 0 Å². The average Bonchev–Trinajstić information content (AvgIpc) is 4.05. The summed E-state index contributed by atoms with van der Waals surface area (Å²) in [5.74, 6) is 0. The Balaban J connectivity index is 0.987. The molecule has 0 fully saturated rings. The van der Waals surface area contributed by atoms with Crippen LogP contribution in [0.2, 0.25) is 0 Å². The lowest BCUT2D eigenvalue weighted by Crippen LogP contribution is -2.33. The van der Waals surface area contributed by atoms with Crippen molar-refractivity contribution in [3.05, 3.63) is 311 Å². The van der Waals surface area contributed by atoms with Gasteiger partial charge in [-0.2, -0.15) is 0 Å². The van der Waals surface area contributed by atoms with E-state index in [1.165, 1.54) is 105 Å². The standard InChI is InChI=1S/C68H44N2/c1-3-19-45(20-4-1)46-37-41-49(42-38-46)69(50-43-39-48(40-44-50)67(47-21-5-2-6-22-47)56-28-11-7-23-51(56)52-24-8-12-29-57(52)67)64-36-18-32-60-65(64)55-26-9-13-30-58(55)68(60)59-31-14-16-35-63(59)70-62-34-15-10-25-53(62)54-27-17-33-61(68)66(54)70/h1-44H. The fourth-order valence-corrected chi connectivity index (χ4v) is 13.2. The van der Waals surface area contributed by atoms with E-state index in [-0.39, 0.29) is 0 Å². The highest BCUT2D eigenvalue weighted by atomic mass is 15.1. The van der Waals surface area contributed by atoms with E-state index in [0.29, 0.717) is 0 Å². The van der Waals surface area contributed by atoms with Crippen LogP contribution in [0.4, 0.5) is 17.1 Å². The van der Waals surface area contributed by atoms with Crippen molar-refractivity contribution in [2.75, 3.05) is 4.90 Å². The van der Waals surface area contributed by atoms with E-state index in [1.54, 1.807) is 0 Å². The number of rotatable bonds is 6. The molecule has 11 aromatic carbocycles. The Morgan fingerprint density at radius 2 is 0.786 bits per heavy atom. The molecule has 2 nitrogen and oxygen atoms in total. The zero-order valence-electron chi connectivity index (χ0n) is 38.3. The summed E-state index contributed by atoms with van der Waals surface area (Å²) in [7, 11) is 0. The summed E-state index contributed by atoms with van der Waals surface area (Å²) in [4.78, 5) is 2.51. The summed E-state index contributed by atoms with van der Waals surface area (Å²) in [5.41, 5.74) is 23.9. The molecule has 0 saturated carbocycles. The first kappa shape index (κ1) is 39.1. The van der Waals surface area contributed by atoms with Gasteiger partial charge in [0.1, 0.15) is 0 Å². The average molecular weight is 889 g/mol. The Kier molecular flexibility index (Phi) is 8.24. The van der Waals surface area contributed by atoms with Crippen molar-refractivity contribution < 1.29 is 0 Å². The first-order valence-electron chi connectivity index (χ1n) is 24.4. The van der Waals surface area contributed by atoms with Crippen LogP contribution in [0.5, 0.6) is 0 Å². The van der Waals surface area contributed by atoms with Gasteiger partial charge >= 0.3 is 0 Å². The molecule has 12 aromatic rings. The molecule has 70 heavy (non-hydrogen) atoms. The third-order valence-corrected chi connectivity index (χ3v) is 15.9. The Labute approximate surface area is 407 Å². The third-order valence-electron chi connectivity index (χ3n) is 15.9. The maximum Gasteiger partial charge on any atom is 0.0755 e. The first-order valence-corrected chi connectivity index (χ1v) is 24.4. The van der Waals surface area contributed by atoms with E-state index in [1.807, 2.05) is 0 Å². The summed E-state index contributed by atoms with van der Waals surface area (Å²) in [6, 6.07) is 99.7. The normalized spacial score (nSPS) is 15.3. The number of benzene rings is 11. The monoisotopic (exact) mass is 888 g/mol. The van der Waals surface area contributed by atoms with E-state index in [9.17, 15) is 0 Å². The van der Waals surface area contributed by atoms with E-state index in [4.69, 9.17) is 0 Å². The molecular formula is C68H44N2. The van der Waals surface area contributed by atoms with Crippen molar-refractivity contribution in [2.45, 2.75) is 10.8 Å². The van der Waals surface area contributed by atoms with Crippen LogP contribution in [-0.4, -0.2) is 4.57 Å². The van der Waals surface area contributed by atoms with Gasteiger partial charge in [0.25, 0.3) is 0 Å². The molecule has 0 bridgehead atoms. The number of fused-ring (bicyclic) bond motifs is 15. The van der Waals surface area contributed by atoms with Crippen LogP contribution >= 0.6 is 0 Å². The van der Waals surface area contributed by atoms with Crippen LogP contribution in [-0.2, 0) is 10.8 Å². The van der Waals surface area contributed by atoms with Gasteiger partial charge in [-0.3, -0.25) is 0 Å². The first-order chi connectivity index (χ1) is 34.8. The number of hydrogen-bond donors (Lipinski definition) is 0. The fourth-order valence-electron chi connectivity index (χ4n) is 13.2. The van der Waals surface area contributed by atoms with Gasteiger partial charge in [-0.05, 0) is 115 Å². The smallest absolute Gasteiger partial charge is 0.0755 e. The topological polar surface area (TPSA) is 8.17 Å². The quantitative estimate of drug-likeness (QED) is 0.161. The zero-order chi connectivity index (χ0) is 46.0. The molecular weight excluding hydrogens is 845 g/mol. The van der Waals surface area contributed by atoms with Gasteiger partial charge in [0.15, 0.2) is 0 Å². The Morgan fingerprint density at radius 1 is 0.300 bits per heavy atom. The van der Waals surface area contributed by atoms with Crippen molar-refractivity contribution in [1.82, 2.24) is 4.57 Å². The molecule has 1 unspecified atom stereocenters. The lowest BCUT2D eigenvalue weighted by molar-refractivity contribution is 0.748. The van der Waals surface area contributed by atoms with Crippen molar-refractivity contribution in [3.63, 3.8) is 0 Å². The van der Waals surface area contributed by atoms with Crippen LogP contribution in [0, 0.1) is 0 Å². The van der Waals surface area contributed by atoms with Gasteiger partial charge in [0.2, 0.25) is 0 Å². The second kappa shape index (κ2) is 14.8. The second-order valence-corrected chi connectivity index (χ2v) is 19.1. The molecule has 326 valence electrons. The molecule has 15 rings (SSSR count). The molecule has 1 aliphatic heterocycles.